The van der Waals surface area contributed by atoms with Crippen LogP contribution in [0.15, 0.2) is 45.3 Å². The van der Waals surface area contributed by atoms with Gasteiger partial charge in [0.1, 0.15) is 17.4 Å². The lowest BCUT2D eigenvalue weighted by Gasteiger charge is -2.27. The van der Waals surface area contributed by atoms with Crippen LogP contribution >= 0.6 is 0 Å². The number of hydrogen-bond donors (Lipinski definition) is 1. The monoisotopic (exact) mass is 354 g/mol. The van der Waals surface area contributed by atoms with Gasteiger partial charge in [-0.25, -0.2) is 4.79 Å². The highest BCUT2D eigenvalue weighted by Crippen LogP contribution is 2.39. The van der Waals surface area contributed by atoms with Crippen molar-refractivity contribution >= 4 is 0 Å². The molecule has 0 unspecified atom stereocenters. The Balaban J connectivity index is 2.29. The van der Waals surface area contributed by atoms with Gasteiger partial charge in [-0.1, -0.05) is 12.1 Å². The predicted octanol–water partition coefficient (Wildman–Crippen LogP) is 0.701. The first-order valence-corrected chi connectivity index (χ1v) is 8.00. The molecule has 0 aliphatic carbocycles. The van der Waals surface area contributed by atoms with Gasteiger partial charge in [0, 0.05) is 14.1 Å². The van der Waals surface area contributed by atoms with E-state index >= 15 is 0 Å². The van der Waals surface area contributed by atoms with E-state index in [0.717, 1.165) is 4.57 Å². The Morgan fingerprint density at radius 3 is 2.46 bits per heavy atom. The van der Waals surface area contributed by atoms with Crippen LogP contribution in [0.2, 0.25) is 0 Å². The summed E-state index contributed by atoms with van der Waals surface area (Å²) in [6.07, 6.45) is 0. The summed E-state index contributed by atoms with van der Waals surface area (Å²) >= 11 is 0. The van der Waals surface area contributed by atoms with Crippen LogP contribution in [-0.4, -0.2) is 15.7 Å². The molecule has 0 spiro atoms. The average molecular weight is 354 g/mol. The van der Waals surface area contributed by atoms with Crippen molar-refractivity contribution in [2.75, 3.05) is 6.61 Å². The highest BCUT2D eigenvalue weighted by Gasteiger charge is 2.35. The molecule has 1 aromatic carbocycles. The van der Waals surface area contributed by atoms with E-state index in [-0.39, 0.29) is 22.9 Å². The Labute approximate surface area is 149 Å². The van der Waals surface area contributed by atoms with Crippen molar-refractivity contribution in [1.29, 1.82) is 5.26 Å². The van der Waals surface area contributed by atoms with Crippen LogP contribution in [0.4, 0.5) is 0 Å². The van der Waals surface area contributed by atoms with Gasteiger partial charge in [-0.3, -0.25) is 13.9 Å². The molecule has 0 amide bonds. The van der Waals surface area contributed by atoms with Gasteiger partial charge in [0.2, 0.25) is 11.8 Å². The lowest BCUT2D eigenvalue weighted by Crippen LogP contribution is -2.42. The molecule has 1 aliphatic rings. The van der Waals surface area contributed by atoms with Gasteiger partial charge < -0.3 is 15.2 Å². The van der Waals surface area contributed by atoms with Gasteiger partial charge >= 0.3 is 5.69 Å². The molecule has 0 saturated heterocycles. The van der Waals surface area contributed by atoms with E-state index < -0.39 is 17.2 Å². The van der Waals surface area contributed by atoms with Crippen LogP contribution in [0.3, 0.4) is 0 Å². The molecule has 0 fully saturated rings. The van der Waals surface area contributed by atoms with Gasteiger partial charge in [-0.2, -0.15) is 5.26 Å². The summed E-state index contributed by atoms with van der Waals surface area (Å²) in [5.74, 6) is -0.132. The van der Waals surface area contributed by atoms with Crippen molar-refractivity contribution in [2.24, 2.45) is 19.8 Å². The van der Waals surface area contributed by atoms with Crippen molar-refractivity contribution in [3.05, 3.63) is 67.7 Å². The fourth-order valence-electron chi connectivity index (χ4n) is 3.04. The van der Waals surface area contributed by atoms with Gasteiger partial charge in [0.05, 0.1) is 18.1 Å². The quantitative estimate of drug-likeness (QED) is 0.868. The number of ether oxygens (including phenoxy) is 2. The Hall–Kier alpha value is -3.47. The summed E-state index contributed by atoms with van der Waals surface area (Å²) in [6, 6.07) is 9.07. The first-order chi connectivity index (χ1) is 12.4. The minimum Gasteiger partial charge on any atom is -0.494 e. The highest BCUT2D eigenvalue weighted by atomic mass is 16.5. The fourth-order valence-corrected chi connectivity index (χ4v) is 3.04. The van der Waals surface area contributed by atoms with E-state index in [2.05, 4.69) is 0 Å². The van der Waals surface area contributed by atoms with Crippen LogP contribution in [-0.2, 0) is 14.1 Å². The number of benzene rings is 1. The number of nitriles is 1. The summed E-state index contributed by atoms with van der Waals surface area (Å²) in [6.45, 7) is 2.41. The number of rotatable bonds is 3. The van der Waals surface area contributed by atoms with Crippen molar-refractivity contribution < 1.29 is 9.47 Å². The normalized spacial score (nSPS) is 15.8. The Morgan fingerprint density at radius 2 is 1.88 bits per heavy atom. The Bertz CT molecular complexity index is 1050. The number of nitrogens with two attached hydrogens (primary N) is 1. The zero-order valence-corrected chi connectivity index (χ0v) is 14.6. The molecule has 3 rings (SSSR count). The summed E-state index contributed by atoms with van der Waals surface area (Å²) in [5, 5.41) is 9.57. The minimum absolute atomic E-state index is 0.0495. The summed E-state index contributed by atoms with van der Waals surface area (Å²) in [5.41, 5.74) is 5.84. The largest absolute Gasteiger partial charge is 0.494 e. The molecule has 26 heavy (non-hydrogen) atoms. The van der Waals surface area contributed by atoms with Crippen LogP contribution in [0.1, 0.15) is 24.0 Å². The van der Waals surface area contributed by atoms with Crippen molar-refractivity contribution in [2.45, 2.75) is 12.8 Å². The van der Waals surface area contributed by atoms with Crippen molar-refractivity contribution in [3.8, 4) is 17.7 Å². The van der Waals surface area contributed by atoms with E-state index in [9.17, 15) is 14.9 Å². The van der Waals surface area contributed by atoms with Crippen molar-refractivity contribution in [3.63, 3.8) is 0 Å². The maximum absolute atomic E-state index is 12.8. The van der Waals surface area contributed by atoms with Gasteiger partial charge in [-0.15, -0.1) is 0 Å². The summed E-state index contributed by atoms with van der Waals surface area (Å²) in [7, 11) is 2.87. The Morgan fingerprint density at radius 1 is 1.23 bits per heavy atom. The minimum atomic E-state index is -0.732. The SMILES string of the molecule is CCOc1ccc([C@H]2C(C#N)=C(N)Oc3c2c(=O)n(C)c(=O)n3C)cc1. The second kappa shape index (κ2) is 6.44. The maximum Gasteiger partial charge on any atom is 0.333 e. The summed E-state index contributed by atoms with van der Waals surface area (Å²) in [4.78, 5) is 25.0. The van der Waals surface area contributed by atoms with E-state index in [1.165, 1.54) is 18.7 Å². The predicted molar refractivity (Wildman–Crippen MR) is 93.8 cm³/mol. The molecular weight excluding hydrogens is 336 g/mol. The lowest BCUT2D eigenvalue weighted by molar-refractivity contribution is 0.340. The molecule has 1 aromatic heterocycles. The molecule has 134 valence electrons. The number of aromatic nitrogens is 2. The molecule has 8 heteroatoms. The molecule has 1 aliphatic heterocycles. The molecule has 0 radical (unpaired) electrons. The van der Waals surface area contributed by atoms with E-state index in [1.807, 2.05) is 13.0 Å². The molecule has 8 nitrogen and oxygen atoms in total. The third-order valence-electron chi connectivity index (χ3n) is 4.34. The van der Waals surface area contributed by atoms with E-state index in [1.54, 1.807) is 24.3 Å². The molecule has 2 N–H and O–H groups in total. The van der Waals surface area contributed by atoms with Crippen LogP contribution in [0.5, 0.6) is 11.6 Å². The second-order valence-electron chi connectivity index (χ2n) is 5.85. The maximum atomic E-state index is 12.8. The van der Waals surface area contributed by atoms with Gasteiger partial charge in [-0.05, 0) is 24.6 Å². The van der Waals surface area contributed by atoms with Crippen molar-refractivity contribution in [1.82, 2.24) is 9.13 Å². The van der Waals surface area contributed by atoms with E-state index in [0.29, 0.717) is 17.9 Å². The number of hydrogen-bond acceptors (Lipinski definition) is 6. The van der Waals surface area contributed by atoms with Crippen LogP contribution < -0.4 is 26.5 Å². The highest BCUT2D eigenvalue weighted by molar-refractivity contribution is 5.53. The van der Waals surface area contributed by atoms with Crippen LogP contribution in [0.25, 0.3) is 0 Å². The Kier molecular flexibility index (Phi) is 4.30. The standard InChI is InChI=1S/C18H18N4O4/c1-4-25-11-7-5-10(6-8-11)13-12(9-19)15(20)26-17-14(13)16(23)21(2)18(24)22(17)3/h5-8,13H,4,20H2,1-3H3/t13-/m0/s1. The molecule has 0 saturated carbocycles. The van der Waals surface area contributed by atoms with E-state index in [4.69, 9.17) is 15.2 Å². The van der Waals surface area contributed by atoms with Gasteiger partial charge in [0.15, 0.2) is 0 Å². The zero-order chi connectivity index (χ0) is 19.0. The molecule has 1 atom stereocenters. The topological polar surface area (TPSA) is 112 Å². The molecule has 0 bridgehead atoms. The fraction of sp³-hybridized carbons (Fsp3) is 0.278. The van der Waals surface area contributed by atoms with Gasteiger partial charge in [0.25, 0.3) is 5.56 Å². The zero-order valence-electron chi connectivity index (χ0n) is 14.6. The first-order valence-electron chi connectivity index (χ1n) is 8.00. The lowest BCUT2D eigenvalue weighted by atomic mass is 9.85. The third kappa shape index (κ3) is 2.54. The second-order valence-corrected chi connectivity index (χ2v) is 5.85. The molecular formula is C18H18N4O4. The number of allylic oxidation sites excluding steroid dienone is 1. The molecule has 2 aromatic rings. The number of nitrogens with zero attached hydrogens (tertiary/aromatic N) is 3. The molecule has 2 heterocycles. The number of fused-ring (bicyclic) bond motifs is 1. The summed E-state index contributed by atoms with van der Waals surface area (Å²) < 4.78 is 13.1. The smallest absolute Gasteiger partial charge is 0.333 e. The average Bonchev–Trinajstić information content (AvgIpc) is 2.64. The third-order valence-corrected chi connectivity index (χ3v) is 4.34. The first kappa shape index (κ1) is 17.4. The van der Waals surface area contributed by atoms with Crippen LogP contribution in [0, 0.1) is 11.3 Å².